The van der Waals surface area contributed by atoms with E-state index in [2.05, 4.69) is 20.9 Å². The molecule has 0 saturated carbocycles. The van der Waals surface area contributed by atoms with E-state index >= 15 is 0 Å². The van der Waals surface area contributed by atoms with E-state index in [1.54, 1.807) is 13.8 Å². The molecule has 4 amide bonds. The largest absolute Gasteiger partial charge is 0.480 e. The summed E-state index contributed by atoms with van der Waals surface area (Å²) in [7, 11) is 0. The average Bonchev–Trinajstić information content (AvgIpc) is 2.72. The molecular weight excluding hydrogens is 460 g/mol. The van der Waals surface area contributed by atoms with Crippen molar-refractivity contribution in [3.05, 3.63) is 0 Å². The van der Waals surface area contributed by atoms with Gasteiger partial charge >= 0.3 is 5.97 Å². The number of carbonyl (C=O) groups excluding carboxylic acids is 4. The van der Waals surface area contributed by atoms with Crippen LogP contribution in [0.5, 0.6) is 0 Å². The van der Waals surface area contributed by atoms with E-state index in [1.807, 2.05) is 13.8 Å². The molecule has 0 spiro atoms. The molecule has 14 heteroatoms. The summed E-state index contributed by atoms with van der Waals surface area (Å²) in [5, 5.41) is 16.7. The number of hydrogen-bond acceptors (Lipinski definition) is 7. The van der Waals surface area contributed by atoms with Gasteiger partial charge in [-0.05, 0) is 31.1 Å². The van der Waals surface area contributed by atoms with Crippen LogP contribution in [0.4, 0.5) is 0 Å². The summed E-state index contributed by atoms with van der Waals surface area (Å²) in [6, 6.07) is -4.59. The van der Waals surface area contributed by atoms with Crippen molar-refractivity contribution >= 4 is 35.6 Å². The van der Waals surface area contributed by atoms with Crippen molar-refractivity contribution in [3.63, 3.8) is 0 Å². The van der Waals surface area contributed by atoms with Gasteiger partial charge in [0.2, 0.25) is 23.6 Å². The predicted molar refractivity (Wildman–Crippen MR) is 129 cm³/mol. The quantitative estimate of drug-likeness (QED) is 0.0631. The monoisotopic (exact) mass is 500 g/mol. The predicted octanol–water partition coefficient (Wildman–Crippen LogP) is -2.52. The first-order chi connectivity index (χ1) is 16.1. The van der Waals surface area contributed by atoms with Crippen molar-refractivity contribution < 1.29 is 29.1 Å². The third-order valence-electron chi connectivity index (χ3n) is 4.96. The second-order valence-corrected chi connectivity index (χ2v) is 9.04. The van der Waals surface area contributed by atoms with Crippen LogP contribution in [0.1, 0.15) is 53.4 Å². The molecule has 0 bridgehead atoms. The fraction of sp³-hybridized carbons (Fsp3) is 0.714. The summed E-state index contributed by atoms with van der Waals surface area (Å²) in [6.07, 6.45) is -0.0482. The first-order valence-corrected chi connectivity index (χ1v) is 11.4. The molecule has 0 heterocycles. The van der Waals surface area contributed by atoms with E-state index in [9.17, 15) is 29.1 Å². The molecule has 0 aromatic carbocycles. The number of aliphatic imine (C=N–C) groups is 1. The van der Waals surface area contributed by atoms with Crippen LogP contribution in [0.2, 0.25) is 0 Å². The van der Waals surface area contributed by atoms with E-state index in [1.165, 1.54) is 0 Å². The number of carboxylic acids is 1. The first-order valence-electron chi connectivity index (χ1n) is 11.4. The van der Waals surface area contributed by atoms with Gasteiger partial charge in [-0.2, -0.15) is 0 Å². The minimum Gasteiger partial charge on any atom is -0.480 e. The van der Waals surface area contributed by atoms with Crippen molar-refractivity contribution in [1.29, 1.82) is 0 Å². The number of primary amides is 1. The average molecular weight is 501 g/mol. The number of nitrogens with one attached hydrogen (secondary N) is 3. The molecule has 35 heavy (non-hydrogen) atoms. The van der Waals surface area contributed by atoms with Gasteiger partial charge in [0.15, 0.2) is 5.96 Å². The smallest absolute Gasteiger partial charge is 0.326 e. The summed E-state index contributed by atoms with van der Waals surface area (Å²) in [5.74, 6) is -4.68. The van der Waals surface area contributed by atoms with Crippen molar-refractivity contribution in [3.8, 4) is 0 Å². The van der Waals surface area contributed by atoms with E-state index in [4.69, 9.17) is 22.9 Å². The minimum atomic E-state index is -1.58. The molecule has 0 radical (unpaired) electrons. The minimum absolute atomic E-state index is 0.0161. The Kier molecular flexibility index (Phi) is 14.0. The van der Waals surface area contributed by atoms with E-state index in [0.717, 1.165) is 0 Å². The molecule has 200 valence electrons. The van der Waals surface area contributed by atoms with Crippen LogP contribution in [-0.2, 0) is 24.0 Å². The zero-order chi connectivity index (χ0) is 27.3. The lowest BCUT2D eigenvalue weighted by molar-refractivity contribution is -0.143. The van der Waals surface area contributed by atoms with Gasteiger partial charge in [-0.1, -0.05) is 27.7 Å². The lowest BCUT2D eigenvalue weighted by Crippen LogP contribution is -2.58. The summed E-state index contributed by atoms with van der Waals surface area (Å²) in [6.45, 7) is 7.40. The molecule has 14 nitrogen and oxygen atoms in total. The lowest BCUT2D eigenvalue weighted by atomic mass is 10.00. The number of nitrogens with zero attached hydrogens (tertiary/aromatic N) is 1. The van der Waals surface area contributed by atoms with E-state index < -0.39 is 60.2 Å². The van der Waals surface area contributed by atoms with Gasteiger partial charge in [0.1, 0.15) is 18.1 Å². The molecule has 0 aromatic rings. The number of hydrogen-bond donors (Lipinski definition) is 8. The Labute approximate surface area is 205 Å². The van der Waals surface area contributed by atoms with Gasteiger partial charge in [-0.25, -0.2) is 4.79 Å². The maximum atomic E-state index is 13.1. The Hall–Kier alpha value is -3.42. The normalized spacial score (nSPS) is 14.4. The van der Waals surface area contributed by atoms with Crippen molar-refractivity contribution in [2.45, 2.75) is 77.5 Å². The van der Waals surface area contributed by atoms with Crippen LogP contribution >= 0.6 is 0 Å². The maximum Gasteiger partial charge on any atom is 0.326 e. The summed E-state index contributed by atoms with van der Waals surface area (Å²) in [4.78, 5) is 64.7. The van der Waals surface area contributed by atoms with Crippen LogP contribution in [0.3, 0.4) is 0 Å². The second kappa shape index (κ2) is 15.5. The van der Waals surface area contributed by atoms with Crippen LogP contribution < -0.4 is 38.9 Å². The van der Waals surface area contributed by atoms with E-state index in [-0.39, 0.29) is 43.6 Å². The summed E-state index contributed by atoms with van der Waals surface area (Å²) in [5.41, 5.74) is 21.5. The van der Waals surface area contributed by atoms with Gasteiger partial charge in [-0.15, -0.1) is 0 Å². The Bertz CT molecular complexity index is 782. The Morgan fingerprint density at radius 2 is 1.34 bits per heavy atom. The molecule has 4 unspecified atom stereocenters. The highest BCUT2D eigenvalue weighted by Gasteiger charge is 2.31. The van der Waals surface area contributed by atoms with Crippen LogP contribution in [0.15, 0.2) is 4.99 Å². The number of nitrogens with two attached hydrogens (primary N) is 4. The molecular formula is C21H40N8O6. The third-order valence-corrected chi connectivity index (χ3v) is 4.96. The molecule has 4 atom stereocenters. The molecule has 0 aliphatic rings. The molecule has 0 fully saturated rings. The Morgan fingerprint density at radius 1 is 0.829 bits per heavy atom. The molecule has 0 aliphatic heterocycles. The Balaban J connectivity index is 5.66. The summed E-state index contributed by atoms with van der Waals surface area (Å²) < 4.78 is 0. The molecule has 0 rings (SSSR count). The SMILES string of the molecule is CC(C)CC(NC(=O)C(N)C(C)C)C(=O)NC(CCCN=C(N)N)C(=O)NC(CC(N)=O)C(=O)O. The molecule has 0 aliphatic carbocycles. The lowest BCUT2D eigenvalue weighted by Gasteiger charge is -2.26. The molecule has 0 aromatic heterocycles. The van der Waals surface area contributed by atoms with Gasteiger partial charge in [0.25, 0.3) is 0 Å². The van der Waals surface area contributed by atoms with Crippen molar-refractivity contribution in [2.24, 2.45) is 39.8 Å². The number of guanidine groups is 1. The zero-order valence-corrected chi connectivity index (χ0v) is 20.7. The van der Waals surface area contributed by atoms with Crippen LogP contribution in [0.25, 0.3) is 0 Å². The second-order valence-electron chi connectivity index (χ2n) is 9.04. The van der Waals surface area contributed by atoms with Crippen LogP contribution in [-0.4, -0.2) is 71.4 Å². The number of carboxylic acid groups (broad SMARTS) is 1. The van der Waals surface area contributed by atoms with Crippen molar-refractivity contribution in [2.75, 3.05) is 6.54 Å². The first kappa shape index (κ1) is 31.6. The number of amides is 4. The third kappa shape index (κ3) is 13.2. The van der Waals surface area contributed by atoms with Crippen molar-refractivity contribution in [1.82, 2.24) is 16.0 Å². The van der Waals surface area contributed by atoms with Crippen LogP contribution in [0, 0.1) is 11.8 Å². The van der Waals surface area contributed by atoms with Gasteiger partial charge < -0.3 is 44.0 Å². The molecule has 12 N–H and O–H groups in total. The fourth-order valence-corrected chi connectivity index (χ4v) is 2.99. The van der Waals surface area contributed by atoms with Gasteiger partial charge in [0, 0.05) is 6.54 Å². The van der Waals surface area contributed by atoms with E-state index in [0.29, 0.717) is 0 Å². The zero-order valence-electron chi connectivity index (χ0n) is 20.7. The van der Waals surface area contributed by atoms with Gasteiger partial charge in [-0.3, -0.25) is 24.2 Å². The highest BCUT2D eigenvalue weighted by Crippen LogP contribution is 2.09. The number of aliphatic carboxylic acids is 1. The number of rotatable bonds is 16. The summed E-state index contributed by atoms with van der Waals surface area (Å²) >= 11 is 0. The van der Waals surface area contributed by atoms with Gasteiger partial charge in [0.05, 0.1) is 12.5 Å². The topological polar surface area (TPSA) is 258 Å². The molecule has 0 saturated heterocycles. The highest BCUT2D eigenvalue weighted by molar-refractivity contribution is 5.94. The standard InChI is InChI=1S/C21H40N8O6/c1-10(2)8-13(28-19(33)16(23)11(3)4)18(32)27-12(6-5-7-26-21(24)25)17(31)29-14(20(34)35)9-15(22)30/h10-14,16H,5-9,23H2,1-4H3,(H2,22,30)(H,27,32)(H,28,33)(H,29,31)(H,34,35)(H4,24,25,26). The highest BCUT2D eigenvalue weighted by atomic mass is 16.4. The Morgan fingerprint density at radius 3 is 1.80 bits per heavy atom. The fourth-order valence-electron chi connectivity index (χ4n) is 2.99. The number of carbonyl (C=O) groups is 5. The maximum absolute atomic E-state index is 13.1.